The van der Waals surface area contributed by atoms with Crippen molar-refractivity contribution in [1.82, 2.24) is 0 Å². The van der Waals surface area contributed by atoms with Gasteiger partial charge in [-0.3, -0.25) is 14.1 Å². The van der Waals surface area contributed by atoms with Gasteiger partial charge in [-0.05, 0) is 24.3 Å². The van der Waals surface area contributed by atoms with E-state index in [2.05, 4.69) is 0 Å². The van der Waals surface area contributed by atoms with Gasteiger partial charge in [0.2, 0.25) is 0 Å². The van der Waals surface area contributed by atoms with Gasteiger partial charge in [0.05, 0.1) is 9.79 Å². The van der Waals surface area contributed by atoms with E-state index in [4.69, 9.17) is 4.55 Å². The Morgan fingerprint density at radius 1 is 0.850 bits per heavy atom. The Kier molecular flexibility index (Phi) is 3.53. The zero-order valence-electron chi connectivity index (χ0n) is 10.0. The molecule has 1 aromatic carbocycles. The molecule has 108 valence electrons. The van der Waals surface area contributed by atoms with Gasteiger partial charge < -0.3 is 0 Å². The van der Waals surface area contributed by atoms with Gasteiger partial charge in [0.25, 0.3) is 10.1 Å². The lowest BCUT2D eigenvalue weighted by atomic mass is 10.3. The molecule has 9 heteroatoms. The fraction of sp³-hybridized carbons (Fsp3) is 0.273. The fourth-order valence-electron chi connectivity index (χ4n) is 1.97. The van der Waals surface area contributed by atoms with Crippen LogP contribution in [0.3, 0.4) is 0 Å². The van der Waals surface area contributed by atoms with Crippen LogP contribution in [-0.4, -0.2) is 38.2 Å². The van der Waals surface area contributed by atoms with Crippen molar-refractivity contribution in [3.8, 4) is 0 Å². The molecule has 7 nitrogen and oxygen atoms in total. The second-order valence-corrected chi connectivity index (χ2v) is 7.76. The Bertz CT molecular complexity index is 757. The Labute approximate surface area is 115 Å². The lowest BCUT2D eigenvalue weighted by Gasteiger charge is -2.09. The summed E-state index contributed by atoms with van der Waals surface area (Å²) in [4.78, 5) is 22.2. The fourth-order valence-corrected chi connectivity index (χ4v) is 4.17. The van der Waals surface area contributed by atoms with Crippen molar-refractivity contribution >= 4 is 31.5 Å². The van der Waals surface area contributed by atoms with E-state index in [1.165, 1.54) is 0 Å². The van der Waals surface area contributed by atoms with E-state index in [-0.39, 0.29) is 17.7 Å². The molecule has 0 amide bonds. The van der Waals surface area contributed by atoms with Gasteiger partial charge in [-0.2, -0.15) is 8.42 Å². The van der Waals surface area contributed by atoms with Gasteiger partial charge in [0, 0.05) is 12.8 Å². The molecule has 2 rings (SSSR count). The number of hydrogen-bond acceptors (Lipinski definition) is 6. The van der Waals surface area contributed by atoms with Crippen molar-refractivity contribution in [2.75, 3.05) is 0 Å². The molecule has 0 aliphatic heterocycles. The normalized spacial score (nSPS) is 17.6. The van der Waals surface area contributed by atoms with E-state index in [1.807, 2.05) is 0 Å². The van der Waals surface area contributed by atoms with Crippen LogP contribution >= 0.6 is 0 Å². The van der Waals surface area contributed by atoms with Gasteiger partial charge in [-0.15, -0.1) is 0 Å². The minimum atomic E-state index is -4.43. The molecule has 0 radical (unpaired) electrons. The van der Waals surface area contributed by atoms with E-state index >= 15 is 0 Å². The van der Waals surface area contributed by atoms with Gasteiger partial charge >= 0.3 is 0 Å². The maximum atomic E-state index is 12.2. The first kappa shape index (κ1) is 14.8. The molecule has 1 aliphatic carbocycles. The Morgan fingerprint density at radius 2 is 1.25 bits per heavy atom. The molecule has 1 saturated carbocycles. The van der Waals surface area contributed by atoms with Gasteiger partial charge in [0.15, 0.2) is 26.7 Å². The lowest BCUT2D eigenvalue weighted by molar-refractivity contribution is -0.121. The third kappa shape index (κ3) is 2.51. The minimum Gasteiger partial charge on any atom is -0.298 e. The lowest BCUT2D eigenvalue weighted by Crippen LogP contribution is -2.31. The Morgan fingerprint density at radius 3 is 1.65 bits per heavy atom. The zero-order valence-corrected chi connectivity index (χ0v) is 11.6. The maximum Gasteiger partial charge on any atom is 0.294 e. The van der Waals surface area contributed by atoms with E-state index in [0.29, 0.717) is 0 Å². The summed E-state index contributed by atoms with van der Waals surface area (Å²) in [6.07, 6.45) is -0.211. The summed E-state index contributed by atoms with van der Waals surface area (Å²) in [5, 5.41) is -1.71. The number of carbonyl (C=O) groups is 2. The number of carbonyl (C=O) groups excluding carboxylic acids is 2. The highest BCUT2D eigenvalue weighted by Gasteiger charge is 2.43. The van der Waals surface area contributed by atoms with E-state index in [9.17, 15) is 26.4 Å². The number of rotatable bonds is 3. The summed E-state index contributed by atoms with van der Waals surface area (Å²) >= 11 is 0. The van der Waals surface area contributed by atoms with Crippen LogP contribution in [0, 0.1) is 0 Å². The molecule has 0 unspecified atom stereocenters. The number of Topliss-reactive ketones (excluding diaryl/α,β-unsaturated/α-hetero) is 2. The predicted octanol–water partition coefficient (Wildman–Crippen LogP) is 0.00760. The Balaban J connectivity index is 2.46. The van der Waals surface area contributed by atoms with Crippen LogP contribution in [0.2, 0.25) is 0 Å². The smallest absolute Gasteiger partial charge is 0.294 e. The maximum absolute atomic E-state index is 12.2. The van der Waals surface area contributed by atoms with Gasteiger partial charge in [-0.1, -0.05) is 0 Å². The molecule has 0 atom stereocenters. The quantitative estimate of drug-likeness (QED) is 0.615. The van der Waals surface area contributed by atoms with Crippen molar-refractivity contribution in [2.24, 2.45) is 0 Å². The second-order valence-electron chi connectivity index (χ2n) is 4.30. The summed E-state index contributed by atoms with van der Waals surface area (Å²) in [5.74, 6) is -1.32. The number of sulfone groups is 1. The first-order valence-corrected chi connectivity index (χ1v) is 8.49. The number of benzene rings is 1. The summed E-state index contributed by atoms with van der Waals surface area (Å²) in [5.41, 5.74) is 0. The average Bonchev–Trinajstić information content (AvgIpc) is 2.68. The molecule has 1 N–H and O–H groups in total. The number of ketones is 2. The third-order valence-corrected chi connectivity index (χ3v) is 5.91. The summed E-state index contributed by atoms with van der Waals surface area (Å²) in [6, 6.07) is 3.67. The largest absolute Gasteiger partial charge is 0.298 e. The van der Waals surface area contributed by atoms with Crippen molar-refractivity contribution in [3.63, 3.8) is 0 Å². The van der Waals surface area contributed by atoms with Crippen molar-refractivity contribution in [3.05, 3.63) is 24.3 Å². The first-order chi connectivity index (χ1) is 9.14. The summed E-state index contributed by atoms with van der Waals surface area (Å²) in [6.45, 7) is 0. The molecule has 0 bridgehead atoms. The van der Waals surface area contributed by atoms with E-state index in [1.54, 1.807) is 0 Å². The molecule has 1 fully saturated rings. The van der Waals surface area contributed by atoms with E-state index < -0.39 is 41.7 Å². The molecule has 1 aromatic rings. The summed E-state index contributed by atoms with van der Waals surface area (Å²) in [7, 11) is -8.61. The molecular formula is C11H10O7S2. The molecular weight excluding hydrogens is 308 g/mol. The zero-order chi connectivity index (χ0) is 15.1. The Hall–Kier alpha value is -1.58. The van der Waals surface area contributed by atoms with Crippen LogP contribution in [-0.2, 0) is 29.5 Å². The van der Waals surface area contributed by atoms with Gasteiger partial charge in [0.1, 0.15) is 0 Å². The molecule has 1 aliphatic rings. The molecule has 0 saturated heterocycles. The van der Waals surface area contributed by atoms with Gasteiger partial charge in [-0.25, -0.2) is 8.42 Å². The molecule has 0 spiro atoms. The minimum absolute atomic E-state index is 0.105. The van der Waals surface area contributed by atoms with Crippen molar-refractivity contribution < 1.29 is 31.0 Å². The van der Waals surface area contributed by atoms with Crippen molar-refractivity contribution in [2.45, 2.75) is 27.9 Å². The highest BCUT2D eigenvalue weighted by Crippen LogP contribution is 2.25. The van der Waals surface area contributed by atoms with Crippen LogP contribution < -0.4 is 0 Å². The topological polar surface area (TPSA) is 123 Å². The molecule has 0 heterocycles. The number of hydrogen-bond donors (Lipinski definition) is 1. The monoisotopic (exact) mass is 318 g/mol. The highest BCUT2D eigenvalue weighted by atomic mass is 32.2. The predicted molar refractivity (Wildman–Crippen MR) is 66.5 cm³/mol. The first-order valence-electron chi connectivity index (χ1n) is 5.51. The SMILES string of the molecule is O=C1CCC(=O)C1S(=O)(=O)c1ccc(S(=O)(=O)O)cc1. The van der Waals surface area contributed by atoms with Crippen LogP contribution in [0.15, 0.2) is 34.1 Å². The summed E-state index contributed by atoms with van der Waals surface area (Å²) < 4.78 is 54.8. The standard InChI is InChI=1S/C11H10O7S2/c12-9-5-6-10(13)11(9)19(14,15)7-1-3-8(4-2-7)20(16,17)18/h1-4,11H,5-6H2,(H,16,17,18). The molecule has 20 heavy (non-hydrogen) atoms. The van der Waals surface area contributed by atoms with Crippen LogP contribution in [0.1, 0.15) is 12.8 Å². The van der Waals surface area contributed by atoms with Crippen molar-refractivity contribution in [1.29, 1.82) is 0 Å². The van der Waals surface area contributed by atoms with Crippen LogP contribution in [0.5, 0.6) is 0 Å². The second kappa shape index (κ2) is 4.76. The van der Waals surface area contributed by atoms with E-state index in [0.717, 1.165) is 24.3 Å². The van der Waals surface area contributed by atoms with Crippen LogP contribution in [0.4, 0.5) is 0 Å². The highest BCUT2D eigenvalue weighted by molar-refractivity contribution is 7.93. The van der Waals surface area contributed by atoms with Crippen LogP contribution in [0.25, 0.3) is 0 Å². The average molecular weight is 318 g/mol. The third-order valence-electron chi connectivity index (χ3n) is 2.96. The molecule has 0 aromatic heterocycles.